The van der Waals surface area contributed by atoms with Gasteiger partial charge < -0.3 is 5.32 Å². The molecule has 1 unspecified atom stereocenters. The van der Waals surface area contributed by atoms with Crippen LogP contribution in [-0.2, 0) is 0 Å². The molecule has 0 radical (unpaired) electrons. The lowest BCUT2D eigenvalue weighted by Crippen LogP contribution is -2.27. The van der Waals surface area contributed by atoms with Crippen molar-refractivity contribution in [2.75, 3.05) is 0 Å². The van der Waals surface area contributed by atoms with Crippen LogP contribution in [0.25, 0.3) is 0 Å². The number of halogens is 2. The second kappa shape index (κ2) is 5.90. The van der Waals surface area contributed by atoms with Crippen LogP contribution in [0.1, 0.15) is 33.2 Å². The molecule has 1 N–H and O–H groups in total. The molecule has 0 spiro atoms. The molecule has 1 atom stereocenters. The molecule has 2 rings (SSSR count). The van der Waals surface area contributed by atoms with E-state index in [1.54, 1.807) is 23.5 Å². The molecular weight excluding hydrogens is 303 g/mol. The van der Waals surface area contributed by atoms with E-state index in [2.05, 4.69) is 10.3 Å². The lowest BCUT2D eigenvalue weighted by molar-refractivity contribution is 0.0935. The number of nitrogens with one attached hydrogen (secondary N) is 1. The monoisotopic (exact) mass is 314 g/mol. The standard InChI is InChI=1S/C13H12Cl2N2OS/c1-7-3-5-10(19-7)8(2)16-13(18)12-9(14)4-6-11(15)17-12/h3-6,8H,1-2H3,(H,16,18). The van der Waals surface area contributed by atoms with Gasteiger partial charge in [-0.1, -0.05) is 23.2 Å². The van der Waals surface area contributed by atoms with E-state index < -0.39 is 0 Å². The first-order valence-electron chi connectivity index (χ1n) is 5.66. The zero-order chi connectivity index (χ0) is 14.0. The van der Waals surface area contributed by atoms with Gasteiger partial charge in [0.15, 0.2) is 0 Å². The van der Waals surface area contributed by atoms with Crippen LogP contribution in [0.15, 0.2) is 24.3 Å². The minimum atomic E-state index is -0.328. The normalized spacial score (nSPS) is 12.2. The SMILES string of the molecule is Cc1ccc(C(C)NC(=O)c2nc(Cl)ccc2Cl)s1. The first kappa shape index (κ1) is 14.3. The summed E-state index contributed by atoms with van der Waals surface area (Å²) in [5.41, 5.74) is 0.147. The number of pyridine rings is 1. The Morgan fingerprint density at radius 3 is 2.68 bits per heavy atom. The van der Waals surface area contributed by atoms with Crippen LogP contribution in [0.3, 0.4) is 0 Å². The molecule has 0 aliphatic carbocycles. The highest BCUT2D eigenvalue weighted by molar-refractivity contribution is 7.12. The fourth-order valence-electron chi connectivity index (χ4n) is 1.60. The third-order valence-electron chi connectivity index (χ3n) is 2.56. The number of thiophene rings is 1. The Morgan fingerprint density at radius 1 is 1.32 bits per heavy atom. The van der Waals surface area contributed by atoms with Crippen molar-refractivity contribution in [2.24, 2.45) is 0 Å². The lowest BCUT2D eigenvalue weighted by Gasteiger charge is -2.12. The van der Waals surface area contributed by atoms with Gasteiger partial charge in [0.05, 0.1) is 11.1 Å². The highest BCUT2D eigenvalue weighted by Gasteiger charge is 2.17. The first-order chi connectivity index (χ1) is 8.97. The minimum absolute atomic E-state index is 0.0944. The molecule has 0 saturated heterocycles. The van der Waals surface area contributed by atoms with Crippen molar-refractivity contribution in [3.63, 3.8) is 0 Å². The van der Waals surface area contributed by atoms with E-state index in [4.69, 9.17) is 23.2 Å². The van der Waals surface area contributed by atoms with Crippen LogP contribution in [-0.4, -0.2) is 10.9 Å². The number of aryl methyl sites for hydroxylation is 1. The molecular formula is C13H12Cl2N2OS. The summed E-state index contributed by atoms with van der Waals surface area (Å²) in [6, 6.07) is 7.03. The number of hydrogen-bond donors (Lipinski definition) is 1. The minimum Gasteiger partial charge on any atom is -0.343 e. The van der Waals surface area contributed by atoms with Gasteiger partial charge in [-0.05, 0) is 38.1 Å². The van der Waals surface area contributed by atoms with Crippen LogP contribution in [0, 0.1) is 6.92 Å². The Bertz CT molecular complexity index is 612. The maximum absolute atomic E-state index is 12.1. The van der Waals surface area contributed by atoms with Crippen molar-refractivity contribution in [1.29, 1.82) is 0 Å². The zero-order valence-electron chi connectivity index (χ0n) is 10.4. The number of carbonyl (C=O) groups excluding carboxylic acids is 1. The average Bonchev–Trinajstić information content (AvgIpc) is 2.79. The quantitative estimate of drug-likeness (QED) is 0.860. The van der Waals surface area contributed by atoms with Crippen LogP contribution in [0.2, 0.25) is 10.2 Å². The van der Waals surface area contributed by atoms with Gasteiger partial charge in [0.25, 0.3) is 5.91 Å². The Balaban J connectivity index is 2.15. The molecule has 0 fully saturated rings. The van der Waals surface area contributed by atoms with Crippen LogP contribution in [0.5, 0.6) is 0 Å². The molecule has 0 aliphatic rings. The molecule has 100 valence electrons. The van der Waals surface area contributed by atoms with Crippen molar-refractivity contribution < 1.29 is 4.79 Å². The highest BCUT2D eigenvalue weighted by Crippen LogP contribution is 2.23. The van der Waals surface area contributed by atoms with E-state index in [0.29, 0.717) is 0 Å². The number of rotatable bonds is 3. The van der Waals surface area contributed by atoms with E-state index in [1.165, 1.54) is 4.88 Å². The van der Waals surface area contributed by atoms with E-state index in [9.17, 15) is 4.79 Å². The highest BCUT2D eigenvalue weighted by atomic mass is 35.5. The predicted molar refractivity (Wildman–Crippen MR) is 79.2 cm³/mol. The number of amides is 1. The Kier molecular flexibility index (Phi) is 4.45. The van der Waals surface area contributed by atoms with Crippen molar-refractivity contribution in [2.45, 2.75) is 19.9 Å². The van der Waals surface area contributed by atoms with Crippen LogP contribution >= 0.6 is 34.5 Å². The number of carbonyl (C=O) groups is 1. The smallest absolute Gasteiger partial charge is 0.271 e. The van der Waals surface area contributed by atoms with Gasteiger partial charge >= 0.3 is 0 Å². The molecule has 1 amide bonds. The lowest BCUT2D eigenvalue weighted by atomic mass is 10.2. The predicted octanol–water partition coefficient (Wildman–Crippen LogP) is 4.25. The fraction of sp³-hybridized carbons (Fsp3) is 0.231. The molecule has 0 aromatic carbocycles. The van der Waals surface area contributed by atoms with E-state index in [0.717, 1.165) is 4.88 Å². The molecule has 0 saturated carbocycles. The van der Waals surface area contributed by atoms with Gasteiger partial charge in [-0.3, -0.25) is 4.79 Å². The Morgan fingerprint density at radius 2 is 2.05 bits per heavy atom. The molecule has 0 bridgehead atoms. The summed E-state index contributed by atoms with van der Waals surface area (Å²) in [7, 11) is 0. The fourth-order valence-corrected chi connectivity index (χ4v) is 2.82. The summed E-state index contributed by atoms with van der Waals surface area (Å²) >= 11 is 13.4. The molecule has 2 aromatic heterocycles. The van der Waals surface area contributed by atoms with Crippen LogP contribution in [0.4, 0.5) is 0 Å². The van der Waals surface area contributed by atoms with Gasteiger partial charge in [0.2, 0.25) is 0 Å². The van der Waals surface area contributed by atoms with Gasteiger partial charge in [0.1, 0.15) is 10.8 Å². The second-order valence-corrected chi connectivity index (χ2v) is 6.22. The summed E-state index contributed by atoms with van der Waals surface area (Å²) in [6.45, 7) is 3.94. The number of aromatic nitrogens is 1. The summed E-state index contributed by atoms with van der Waals surface area (Å²) in [5.74, 6) is -0.328. The van der Waals surface area contributed by atoms with Crippen molar-refractivity contribution in [3.05, 3.63) is 49.9 Å². The van der Waals surface area contributed by atoms with Crippen molar-refractivity contribution in [3.8, 4) is 0 Å². The summed E-state index contributed by atoms with van der Waals surface area (Å²) in [4.78, 5) is 18.3. The zero-order valence-corrected chi connectivity index (χ0v) is 12.7. The second-order valence-electron chi connectivity index (χ2n) is 4.11. The Labute approximate surface area is 125 Å². The summed E-state index contributed by atoms with van der Waals surface area (Å²) < 4.78 is 0. The number of hydrogen-bond acceptors (Lipinski definition) is 3. The first-order valence-corrected chi connectivity index (χ1v) is 7.24. The third kappa shape index (κ3) is 3.47. The average molecular weight is 315 g/mol. The molecule has 2 heterocycles. The van der Waals surface area contributed by atoms with E-state index in [1.807, 2.05) is 26.0 Å². The van der Waals surface area contributed by atoms with Gasteiger partial charge in [-0.2, -0.15) is 0 Å². The molecule has 3 nitrogen and oxygen atoms in total. The molecule has 0 aliphatic heterocycles. The topological polar surface area (TPSA) is 42.0 Å². The Hall–Kier alpha value is -1.10. The maximum atomic E-state index is 12.1. The summed E-state index contributed by atoms with van der Waals surface area (Å²) in [5, 5.41) is 3.39. The largest absolute Gasteiger partial charge is 0.343 e. The molecule has 19 heavy (non-hydrogen) atoms. The van der Waals surface area contributed by atoms with Crippen LogP contribution < -0.4 is 5.32 Å². The van der Waals surface area contributed by atoms with Gasteiger partial charge in [0, 0.05) is 9.75 Å². The van der Waals surface area contributed by atoms with Gasteiger partial charge in [-0.25, -0.2) is 4.98 Å². The van der Waals surface area contributed by atoms with Crippen molar-refractivity contribution in [1.82, 2.24) is 10.3 Å². The third-order valence-corrected chi connectivity index (χ3v) is 4.26. The molecule has 6 heteroatoms. The van der Waals surface area contributed by atoms with E-state index >= 15 is 0 Å². The number of nitrogens with zero attached hydrogens (tertiary/aromatic N) is 1. The maximum Gasteiger partial charge on any atom is 0.271 e. The van der Waals surface area contributed by atoms with Gasteiger partial charge in [-0.15, -0.1) is 11.3 Å². The molecule has 2 aromatic rings. The van der Waals surface area contributed by atoms with E-state index in [-0.39, 0.29) is 27.8 Å². The summed E-state index contributed by atoms with van der Waals surface area (Å²) in [6.07, 6.45) is 0. The van der Waals surface area contributed by atoms with Crippen molar-refractivity contribution >= 4 is 40.4 Å².